The van der Waals surface area contributed by atoms with Crippen LogP contribution in [0.25, 0.3) is 0 Å². The fourth-order valence-corrected chi connectivity index (χ4v) is 3.53. The zero-order chi connectivity index (χ0) is 19.7. The van der Waals surface area contributed by atoms with Crippen LogP contribution in [0, 0.1) is 13.8 Å². The maximum absolute atomic E-state index is 13.0. The number of aromatic nitrogens is 1. The van der Waals surface area contributed by atoms with Gasteiger partial charge >= 0.3 is 0 Å². The van der Waals surface area contributed by atoms with Gasteiger partial charge in [-0.15, -0.1) is 0 Å². The number of nitrogens with zero attached hydrogens (tertiary/aromatic N) is 2. The van der Waals surface area contributed by atoms with E-state index in [2.05, 4.69) is 10.3 Å². The predicted octanol–water partition coefficient (Wildman–Crippen LogP) is 3.70. The van der Waals surface area contributed by atoms with Crippen molar-refractivity contribution in [2.75, 3.05) is 4.90 Å². The molecule has 0 bridgehead atoms. The lowest BCUT2D eigenvalue weighted by Crippen LogP contribution is -2.32. The predicted molar refractivity (Wildman–Crippen MR) is 105 cm³/mol. The smallest absolute Gasteiger partial charge is 0.260 e. The highest BCUT2D eigenvalue weighted by atomic mass is 16.3. The molecule has 4 rings (SSSR count). The Morgan fingerprint density at radius 1 is 1.18 bits per heavy atom. The molecule has 1 atom stereocenters. The minimum atomic E-state index is -0.441. The zero-order valence-corrected chi connectivity index (χ0v) is 15.8. The largest absolute Gasteiger partial charge is 0.465 e. The molecule has 0 saturated carbocycles. The number of pyridine rings is 1. The Hall–Kier alpha value is -3.41. The number of fused-ring (bicyclic) bond motifs is 1. The normalized spacial score (nSPS) is 15.6. The summed E-state index contributed by atoms with van der Waals surface area (Å²) in [7, 11) is 0. The number of anilines is 1. The van der Waals surface area contributed by atoms with E-state index in [-0.39, 0.29) is 18.2 Å². The SMILES string of the molecule is Cc1cccc(N2C(=O)c3cccnc3[C@H]2CC(=O)NCc2ccc(C)o2)c1. The second-order valence-corrected chi connectivity index (χ2v) is 6.96. The van der Waals surface area contributed by atoms with E-state index in [1.54, 1.807) is 23.2 Å². The fourth-order valence-electron chi connectivity index (χ4n) is 3.53. The van der Waals surface area contributed by atoms with Crippen LogP contribution in [0.3, 0.4) is 0 Å². The Balaban J connectivity index is 1.58. The number of aryl methyl sites for hydroxylation is 2. The molecule has 142 valence electrons. The third kappa shape index (κ3) is 3.41. The van der Waals surface area contributed by atoms with Gasteiger partial charge in [0.15, 0.2) is 0 Å². The molecule has 28 heavy (non-hydrogen) atoms. The minimum Gasteiger partial charge on any atom is -0.465 e. The molecular weight excluding hydrogens is 354 g/mol. The van der Waals surface area contributed by atoms with Crippen LogP contribution in [0.2, 0.25) is 0 Å². The Bertz CT molecular complexity index is 1040. The molecule has 2 amide bonds. The number of benzene rings is 1. The van der Waals surface area contributed by atoms with E-state index >= 15 is 0 Å². The molecule has 0 saturated heterocycles. The monoisotopic (exact) mass is 375 g/mol. The average Bonchev–Trinajstić information content (AvgIpc) is 3.22. The Kier molecular flexibility index (Phi) is 4.69. The Morgan fingerprint density at radius 3 is 2.79 bits per heavy atom. The van der Waals surface area contributed by atoms with Gasteiger partial charge in [0.05, 0.1) is 30.3 Å². The van der Waals surface area contributed by atoms with Crippen LogP contribution >= 0.6 is 0 Å². The summed E-state index contributed by atoms with van der Waals surface area (Å²) in [6, 6.07) is 14.5. The van der Waals surface area contributed by atoms with Crippen molar-refractivity contribution in [3.05, 3.63) is 83.1 Å². The van der Waals surface area contributed by atoms with Crippen LogP contribution in [0.4, 0.5) is 5.69 Å². The highest BCUT2D eigenvalue weighted by Crippen LogP contribution is 2.38. The second kappa shape index (κ2) is 7.31. The first-order valence-corrected chi connectivity index (χ1v) is 9.20. The second-order valence-electron chi connectivity index (χ2n) is 6.96. The lowest BCUT2D eigenvalue weighted by atomic mass is 10.1. The van der Waals surface area contributed by atoms with Crippen LogP contribution < -0.4 is 10.2 Å². The minimum absolute atomic E-state index is 0.128. The van der Waals surface area contributed by atoms with Crippen molar-refractivity contribution < 1.29 is 14.0 Å². The molecule has 0 radical (unpaired) electrons. The molecule has 1 aromatic carbocycles. The molecule has 0 aliphatic carbocycles. The third-order valence-corrected chi connectivity index (χ3v) is 4.83. The van der Waals surface area contributed by atoms with E-state index in [0.717, 1.165) is 17.0 Å². The summed E-state index contributed by atoms with van der Waals surface area (Å²) < 4.78 is 5.49. The summed E-state index contributed by atoms with van der Waals surface area (Å²) in [5.74, 6) is 1.20. The van der Waals surface area contributed by atoms with Gasteiger partial charge in [0, 0.05) is 11.9 Å². The van der Waals surface area contributed by atoms with E-state index in [4.69, 9.17) is 4.42 Å². The van der Waals surface area contributed by atoms with Gasteiger partial charge in [-0.1, -0.05) is 12.1 Å². The summed E-state index contributed by atoms with van der Waals surface area (Å²) in [6.07, 6.45) is 1.78. The molecule has 1 aliphatic rings. The molecule has 0 spiro atoms. The highest BCUT2D eigenvalue weighted by molar-refractivity contribution is 6.11. The molecular formula is C22H21N3O3. The zero-order valence-electron chi connectivity index (χ0n) is 15.8. The number of hydrogen-bond donors (Lipinski definition) is 1. The van der Waals surface area contributed by atoms with Gasteiger partial charge in [0.2, 0.25) is 5.91 Å². The number of nitrogens with one attached hydrogen (secondary N) is 1. The van der Waals surface area contributed by atoms with E-state index in [0.29, 0.717) is 23.6 Å². The molecule has 2 aromatic heterocycles. The van der Waals surface area contributed by atoms with Crippen molar-refractivity contribution in [3.8, 4) is 0 Å². The lowest BCUT2D eigenvalue weighted by Gasteiger charge is -2.25. The van der Waals surface area contributed by atoms with Crippen LogP contribution in [-0.4, -0.2) is 16.8 Å². The summed E-state index contributed by atoms with van der Waals surface area (Å²) in [4.78, 5) is 31.7. The van der Waals surface area contributed by atoms with Crippen LogP contribution in [0.15, 0.2) is 59.1 Å². The van der Waals surface area contributed by atoms with Gasteiger partial charge in [-0.2, -0.15) is 0 Å². The quantitative estimate of drug-likeness (QED) is 0.738. The number of hydrogen-bond acceptors (Lipinski definition) is 4. The number of carbonyl (C=O) groups is 2. The Labute approximate surface area is 163 Å². The molecule has 3 heterocycles. The van der Waals surface area contributed by atoms with Crippen molar-refractivity contribution in [3.63, 3.8) is 0 Å². The third-order valence-electron chi connectivity index (χ3n) is 4.83. The molecule has 1 aliphatic heterocycles. The Morgan fingerprint density at radius 2 is 2.04 bits per heavy atom. The molecule has 0 unspecified atom stereocenters. The first kappa shape index (κ1) is 18.0. The topological polar surface area (TPSA) is 75.4 Å². The summed E-state index contributed by atoms with van der Waals surface area (Å²) in [5.41, 5.74) is 2.99. The molecule has 6 heteroatoms. The molecule has 6 nitrogen and oxygen atoms in total. The van der Waals surface area contributed by atoms with Gasteiger partial charge in [-0.3, -0.25) is 19.5 Å². The van der Waals surface area contributed by atoms with Crippen LogP contribution in [0.5, 0.6) is 0 Å². The summed E-state index contributed by atoms with van der Waals surface area (Å²) >= 11 is 0. The maximum Gasteiger partial charge on any atom is 0.260 e. The first-order chi connectivity index (χ1) is 13.5. The van der Waals surface area contributed by atoms with Crippen LogP contribution in [-0.2, 0) is 11.3 Å². The van der Waals surface area contributed by atoms with Crippen molar-refractivity contribution in [2.45, 2.75) is 32.9 Å². The van der Waals surface area contributed by atoms with Crippen molar-refractivity contribution in [2.24, 2.45) is 0 Å². The van der Waals surface area contributed by atoms with Gasteiger partial charge in [0.1, 0.15) is 11.5 Å². The van der Waals surface area contributed by atoms with Gasteiger partial charge < -0.3 is 9.73 Å². The van der Waals surface area contributed by atoms with E-state index < -0.39 is 6.04 Å². The van der Waals surface area contributed by atoms with Crippen molar-refractivity contribution >= 4 is 17.5 Å². The van der Waals surface area contributed by atoms with Crippen molar-refractivity contribution in [1.29, 1.82) is 0 Å². The maximum atomic E-state index is 13.0. The molecule has 3 aromatic rings. The first-order valence-electron chi connectivity index (χ1n) is 9.20. The van der Waals surface area contributed by atoms with E-state index in [1.807, 2.05) is 50.2 Å². The van der Waals surface area contributed by atoms with Gasteiger partial charge in [0.25, 0.3) is 5.91 Å². The summed E-state index contributed by atoms with van der Waals surface area (Å²) in [6.45, 7) is 4.15. The van der Waals surface area contributed by atoms with Crippen molar-refractivity contribution in [1.82, 2.24) is 10.3 Å². The average molecular weight is 375 g/mol. The molecule has 1 N–H and O–H groups in total. The fraction of sp³-hybridized carbons (Fsp3) is 0.227. The lowest BCUT2D eigenvalue weighted by molar-refractivity contribution is -0.121. The van der Waals surface area contributed by atoms with Gasteiger partial charge in [-0.25, -0.2) is 0 Å². The number of rotatable bonds is 5. The van der Waals surface area contributed by atoms with E-state index in [9.17, 15) is 9.59 Å². The number of carbonyl (C=O) groups excluding carboxylic acids is 2. The molecule has 0 fully saturated rings. The highest BCUT2D eigenvalue weighted by Gasteiger charge is 2.39. The number of furan rings is 1. The number of amides is 2. The van der Waals surface area contributed by atoms with Gasteiger partial charge in [-0.05, 0) is 55.8 Å². The van der Waals surface area contributed by atoms with E-state index in [1.165, 1.54) is 0 Å². The standard InChI is InChI=1S/C22H21N3O3/c1-14-5-3-6-16(11-14)25-19(21-18(22(25)27)7-4-10-23-21)12-20(26)24-13-17-9-8-15(2)28-17/h3-11,19H,12-13H2,1-2H3,(H,24,26)/t19-/m1/s1. The summed E-state index contributed by atoms with van der Waals surface area (Å²) in [5, 5.41) is 2.87. The van der Waals surface area contributed by atoms with Crippen LogP contribution in [0.1, 0.15) is 45.6 Å².